The van der Waals surface area contributed by atoms with Crippen LogP contribution in [0.25, 0.3) is 17.2 Å². The van der Waals surface area contributed by atoms with Gasteiger partial charge in [0.05, 0.1) is 7.11 Å². The summed E-state index contributed by atoms with van der Waals surface area (Å²) in [6.07, 6.45) is 2.35. The molecular weight excluding hydrogens is 428 g/mol. The second-order valence-electron chi connectivity index (χ2n) is 7.46. The van der Waals surface area contributed by atoms with E-state index in [4.69, 9.17) is 4.74 Å². The summed E-state index contributed by atoms with van der Waals surface area (Å²) in [6, 6.07) is 18.1. The van der Waals surface area contributed by atoms with Gasteiger partial charge in [-0.1, -0.05) is 60.7 Å². The summed E-state index contributed by atoms with van der Waals surface area (Å²) in [5, 5.41) is 2.58. The van der Waals surface area contributed by atoms with Crippen LogP contribution < -0.4 is 5.32 Å². The molecule has 1 aliphatic carbocycles. The zero-order valence-corrected chi connectivity index (χ0v) is 17.8. The van der Waals surface area contributed by atoms with E-state index >= 15 is 0 Å². The normalized spacial score (nSPS) is 12.3. The van der Waals surface area contributed by atoms with Crippen molar-refractivity contribution in [3.05, 3.63) is 101 Å². The van der Waals surface area contributed by atoms with E-state index < -0.39 is 29.3 Å². The average molecular weight is 449 g/mol. The van der Waals surface area contributed by atoms with Crippen LogP contribution in [0.5, 0.6) is 0 Å². The van der Waals surface area contributed by atoms with Gasteiger partial charge in [0, 0.05) is 12.5 Å². The first kappa shape index (κ1) is 22.2. The SMILES string of the molecule is COC(=O)c1c(F)cc(C=CCNC(=O)OCC2c3ccccc3-c3ccccc32)cc1F. The number of esters is 1. The molecule has 0 fully saturated rings. The van der Waals surface area contributed by atoms with Gasteiger partial charge in [0.1, 0.15) is 23.8 Å². The van der Waals surface area contributed by atoms with Crippen LogP contribution in [0.4, 0.5) is 13.6 Å². The monoisotopic (exact) mass is 449 g/mol. The maximum Gasteiger partial charge on any atom is 0.407 e. The molecule has 0 heterocycles. The van der Waals surface area contributed by atoms with Crippen molar-refractivity contribution in [1.29, 1.82) is 0 Å². The number of carbonyl (C=O) groups excluding carboxylic acids is 2. The predicted octanol–water partition coefficient (Wildman–Crippen LogP) is 5.30. The highest BCUT2D eigenvalue weighted by molar-refractivity contribution is 5.90. The zero-order chi connectivity index (χ0) is 23.4. The lowest BCUT2D eigenvalue weighted by atomic mass is 9.98. The van der Waals surface area contributed by atoms with Crippen molar-refractivity contribution in [3.8, 4) is 11.1 Å². The Morgan fingerprint density at radius 3 is 2.12 bits per heavy atom. The number of methoxy groups -OCH3 is 1. The molecule has 0 radical (unpaired) electrons. The molecule has 0 saturated heterocycles. The van der Waals surface area contributed by atoms with Crippen molar-refractivity contribution < 1.29 is 27.8 Å². The van der Waals surface area contributed by atoms with Crippen LogP contribution in [-0.4, -0.2) is 32.3 Å². The molecule has 0 atom stereocenters. The number of nitrogens with one attached hydrogen (secondary N) is 1. The van der Waals surface area contributed by atoms with Gasteiger partial charge in [-0.2, -0.15) is 0 Å². The third-order valence-corrected chi connectivity index (χ3v) is 5.47. The minimum Gasteiger partial charge on any atom is -0.465 e. The summed E-state index contributed by atoms with van der Waals surface area (Å²) in [5.74, 6) is -3.17. The number of fused-ring (bicyclic) bond motifs is 3. The molecule has 7 heteroatoms. The van der Waals surface area contributed by atoms with Crippen LogP contribution in [0.1, 0.15) is 33.0 Å². The molecule has 1 amide bonds. The average Bonchev–Trinajstić information content (AvgIpc) is 3.13. The third-order valence-electron chi connectivity index (χ3n) is 5.47. The first-order valence-corrected chi connectivity index (χ1v) is 10.3. The second kappa shape index (κ2) is 9.65. The van der Waals surface area contributed by atoms with Gasteiger partial charge in [0.25, 0.3) is 0 Å². The molecule has 5 nitrogen and oxygen atoms in total. The Morgan fingerprint density at radius 2 is 1.55 bits per heavy atom. The molecule has 168 valence electrons. The van der Waals surface area contributed by atoms with E-state index in [1.807, 2.05) is 36.4 Å². The molecule has 0 aromatic heterocycles. The number of ether oxygens (including phenoxy) is 2. The fraction of sp³-hybridized carbons (Fsp3) is 0.154. The maximum atomic E-state index is 14.0. The minimum absolute atomic E-state index is 0.0435. The van der Waals surface area contributed by atoms with Crippen LogP contribution in [0.3, 0.4) is 0 Å². The van der Waals surface area contributed by atoms with Crippen LogP contribution in [0.15, 0.2) is 66.7 Å². The number of hydrogen-bond acceptors (Lipinski definition) is 4. The van der Waals surface area contributed by atoms with Crippen LogP contribution in [0, 0.1) is 11.6 Å². The Kier molecular flexibility index (Phi) is 6.49. The summed E-state index contributed by atoms with van der Waals surface area (Å²) >= 11 is 0. The van der Waals surface area contributed by atoms with Gasteiger partial charge in [-0.3, -0.25) is 0 Å². The fourth-order valence-corrected chi connectivity index (χ4v) is 3.97. The molecule has 0 spiro atoms. The number of benzene rings is 3. The van der Waals surface area contributed by atoms with Gasteiger partial charge in [-0.25, -0.2) is 18.4 Å². The zero-order valence-electron chi connectivity index (χ0n) is 17.8. The Bertz CT molecular complexity index is 1170. The summed E-state index contributed by atoms with van der Waals surface area (Å²) < 4.78 is 37.8. The largest absolute Gasteiger partial charge is 0.465 e. The van der Waals surface area contributed by atoms with E-state index in [1.54, 1.807) is 0 Å². The van der Waals surface area contributed by atoms with Gasteiger partial charge in [0.15, 0.2) is 0 Å². The molecule has 0 unspecified atom stereocenters. The highest BCUT2D eigenvalue weighted by Gasteiger charge is 2.28. The fourth-order valence-electron chi connectivity index (χ4n) is 3.97. The number of alkyl carbamates (subject to hydrolysis) is 1. The number of rotatable bonds is 6. The summed E-state index contributed by atoms with van der Waals surface area (Å²) in [6.45, 7) is 0.285. The molecule has 3 aromatic carbocycles. The summed E-state index contributed by atoms with van der Waals surface area (Å²) in [5.41, 5.74) is 3.97. The molecule has 33 heavy (non-hydrogen) atoms. The highest BCUT2D eigenvalue weighted by Crippen LogP contribution is 2.44. The quantitative estimate of drug-likeness (QED) is 0.519. The van der Waals surface area contributed by atoms with Crippen molar-refractivity contribution in [2.45, 2.75) is 5.92 Å². The van der Waals surface area contributed by atoms with E-state index in [1.165, 1.54) is 12.2 Å². The topological polar surface area (TPSA) is 64.6 Å². The second-order valence-corrected chi connectivity index (χ2v) is 7.46. The van der Waals surface area contributed by atoms with Gasteiger partial charge in [0.2, 0.25) is 0 Å². The molecule has 4 rings (SSSR count). The minimum atomic E-state index is -1.09. The first-order chi connectivity index (χ1) is 16.0. The number of amides is 1. The predicted molar refractivity (Wildman–Crippen MR) is 120 cm³/mol. The van der Waals surface area contributed by atoms with Gasteiger partial charge in [-0.05, 0) is 39.9 Å². The summed E-state index contributed by atoms with van der Waals surface area (Å²) in [7, 11) is 1.05. The first-order valence-electron chi connectivity index (χ1n) is 10.3. The molecule has 0 saturated carbocycles. The molecular formula is C26H21F2NO4. The Balaban J connectivity index is 1.33. The van der Waals surface area contributed by atoms with Crippen molar-refractivity contribution >= 4 is 18.1 Å². The van der Waals surface area contributed by atoms with Gasteiger partial charge in [-0.15, -0.1) is 0 Å². The Morgan fingerprint density at radius 1 is 0.970 bits per heavy atom. The van der Waals surface area contributed by atoms with E-state index in [2.05, 4.69) is 22.2 Å². The lowest BCUT2D eigenvalue weighted by molar-refractivity contribution is 0.0589. The third kappa shape index (κ3) is 4.62. The maximum absolute atomic E-state index is 14.0. The lowest BCUT2D eigenvalue weighted by Crippen LogP contribution is -2.26. The molecule has 3 aromatic rings. The Labute approximate surface area is 189 Å². The molecule has 0 aliphatic heterocycles. The Hall–Kier alpha value is -4.00. The van der Waals surface area contributed by atoms with E-state index in [0.717, 1.165) is 41.5 Å². The number of halogens is 2. The van der Waals surface area contributed by atoms with Crippen molar-refractivity contribution in [3.63, 3.8) is 0 Å². The highest BCUT2D eigenvalue weighted by atomic mass is 19.1. The lowest BCUT2D eigenvalue weighted by Gasteiger charge is -2.14. The van der Waals surface area contributed by atoms with Crippen LogP contribution in [-0.2, 0) is 9.47 Å². The summed E-state index contributed by atoms with van der Waals surface area (Å²) in [4.78, 5) is 23.6. The molecule has 0 bridgehead atoms. The van der Waals surface area contributed by atoms with Crippen LogP contribution >= 0.6 is 0 Å². The van der Waals surface area contributed by atoms with E-state index in [0.29, 0.717) is 0 Å². The standard InChI is InChI=1S/C26H21F2NO4/c1-32-25(30)24-22(27)13-16(14-23(24)28)7-6-12-29-26(31)33-15-21-19-10-4-2-8-17(19)18-9-3-5-11-20(18)21/h2-11,13-14,21H,12,15H2,1H3,(H,29,31). The van der Waals surface area contributed by atoms with Crippen molar-refractivity contribution in [2.24, 2.45) is 0 Å². The van der Waals surface area contributed by atoms with Gasteiger partial charge >= 0.3 is 12.1 Å². The molecule has 1 aliphatic rings. The van der Waals surface area contributed by atoms with E-state index in [-0.39, 0.29) is 24.6 Å². The van der Waals surface area contributed by atoms with Gasteiger partial charge < -0.3 is 14.8 Å². The molecule has 1 N–H and O–H groups in total. The number of carbonyl (C=O) groups is 2. The van der Waals surface area contributed by atoms with Crippen molar-refractivity contribution in [2.75, 3.05) is 20.3 Å². The van der Waals surface area contributed by atoms with Crippen LogP contribution in [0.2, 0.25) is 0 Å². The smallest absolute Gasteiger partial charge is 0.407 e. The van der Waals surface area contributed by atoms with Crippen molar-refractivity contribution in [1.82, 2.24) is 5.32 Å². The number of hydrogen-bond donors (Lipinski definition) is 1. The van der Waals surface area contributed by atoms with E-state index in [9.17, 15) is 18.4 Å².